The molecule has 1 aromatic carbocycles. The van der Waals surface area contributed by atoms with Crippen LogP contribution >= 0.6 is 0 Å². The van der Waals surface area contributed by atoms with Crippen LogP contribution in [0.2, 0.25) is 0 Å². The smallest absolute Gasteiger partial charge is 0.122 e. The first-order valence-corrected chi connectivity index (χ1v) is 4.20. The molecule has 0 saturated heterocycles. The second-order valence-corrected chi connectivity index (χ2v) is 2.96. The molecule has 0 spiro atoms. The van der Waals surface area contributed by atoms with Crippen molar-refractivity contribution in [3.05, 3.63) is 29.3 Å². The molecule has 1 atom stereocenters. The zero-order valence-corrected chi connectivity index (χ0v) is 7.95. The van der Waals surface area contributed by atoms with E-state index in [1.54, 1.807) is 7.11 Å². The van der Waals surface area contributed by atoms with Gasteiger partial charge in [0, 0.05) is 0 Å². The Kier molecular flexibility index (Phi) is 3.28. The standard InChI is InChI=1S/C10H15NO2/c1-7-8(9(11)6-12)4-3-5-10(7)13-2/h3-5,9,12H,6,11H2,1-2H3/t9-/m1/s1. The highest BCUT2D eigenvalue weighted by molar-refractivity contribution is 5.40. The first-order valence-electron chi connectivity index (χ1n) is 4.20. The van der Waals surface area contributed by atoms with Crippen LogP contribution < -0.4 is 10.5 Å². The first-order chi connectivity index (χ1) is 6.20. The van der Waals surface area contributed by atoms with Gasteiger partial charge in [-0.2, -0.15) is 0 Å². The van der Waals surface area contributed by atoms with Gasteiger partial charge in [0.15, 0.2) is 0 Å². The monoisotopic (exact) mass is 181 g/mol. The molecule has 0 heterocycles. The summed E-state index contributed by atoms with van der Waals surface area (Å²) >= 11 is 0. The number of methoxy groups -OCH3 is 1. The van der Waals surface area contributed by atoms with Crippen molar-refractivity contribution >= 4 is 0 Å². The van der Waals surface area contributed by atoms with Gasteiger partial charge in [-0.1, -0.05) is 12.1 Å². The van der Waals surface area contributed by atoms with E-state index in [-0.39, 0.29) is 12.6 Å². The van der Waals surface area contributed by atoms with Gasteiger partial charge in [0.05, 0.1) is 19.8 Å². The minimum atomic E-state index is -0.324. The number of nitrogens with two attached hydrogens (primary N) is 1. The number of aliphatic hydroxyl groups excluding tert-OH is 1. The number of hydrogen-bond donors (Lipinski definition) is 2. The predicted octanol–water partition coefficient (Wildman–Crippen LogP) is 0.996. The Morgan fingerprint density at radius 3 is 2.77 bits per heavy atom. The maximum atomic E-state index is 8.91. The minimum Gasteiger partial charge on any atom is -0.496 e. The van der Waals surface area contributed by atoms with Crippen molar-refractivity contribution in [2.24, 2.45) is 5.73 Å². The van der Waals surface area contributed by atoms with Gasteiger partial charge >= 0.3 is 0 Å². The summed E-state index contributed by atoms with van der Waals surface area (Å²) in [6.07, 6.45) is 0. The lowest BCUT2D eigenvalue weighted by molar-refractivity contribution is 0.267. The van der Waals surface area contributed by atoms with Crippen LogP contribution in [0.4, 0.5) is 0 Å². The molecule has 0 amide bonds. The van der Waals surface area contributed by atoms with Crippen molar-refractivity contribution in [2.45, 2.75) is 13.0 Å². The molecule has 3 N–H and O–H groups in total. The maximum Gasteiger partial charge on any atom is 0.122 e. The van der Waals surface area contributed by atoms with Gasteiger partial charge in [0.25, 0.3) is 0 Å². The average molecular weight is 181 g/mol. The van der Waals surface area contributed by atoms with Crippen LogP contribution in [0.5, 0.6) is 5.75 Å². The van der Waals surface area contributed by atoms with Crippen LogP contribution in [0.1, 0.15) is 17.2 Å². The van der Waals surface area contributed by atoms with E-state index in [2.05, 4.69) is 0 Å². The highest BCUT2D eigenvalue weighted by Crippen LogP contribution is 2.24. The number of hydrogen-bond acceptors (Lipinski definition) is 3. The second-order valence-electron chi connectivity index (χ2n) is 2.96. The van der Waals surface area contributed by atoms with Crippen molar-refractivity contribution in [2.75, 3.05) is 13.7 Å². The zero-order chi connectivity index (χ0) is 9.84. The summed E-state index contributed by atoms with van der Waals surface area (Å²) < 4.78 is 5.14. The van der Waals surface area contributed by atoms with E-state index in [0.29, 0.717) is 0 Å². The van der Waals surface area contributed by atoms with Gasteiger partial charge in [-0.15, -0.1) is 0 Å². The predicted molar refractivity (Wildman–Crippen MR) is 51.7 cm³/mol. The second kappa shape index (κ2) is 4.25. The molecule has 13 heavy (non-hydrogen) atoms. The van der Waals surface area contributed by atoms with E-state index in [1.165, 1.54) is 0 Å². The quantitative estimate of drug-likeness (QED) is 0.731. The van der Waals surface area contributed by atoms with Crippen LogP contribution in [-0.4, -0.2) is 18.8 Å². The van der Waals surface area contributed by atoms with E-state index in [1.807, 2.05) is 25.1 Å². The third-order valence-corrected chi connectivity index (χ3v) is 2.14. The van der Waals surface area contributed by atoms with Crippen molar-refractivity contribution < 1.29 is 9.84 Å². The number of aliphatic hydroxyl groups is 1. The van der Waals surface area contributed by atoms with Crippen LogP contribution in [0, 0.1) is 6.92 Å². The molecule has 0 fully saturated rings. The molecule has 0 bridgehead atoms. The zero-order valence-electron chi connectivity index (χ0n) is 7.95. The fourth-order valence-corrected chi connectivity index (χ4v) is 1.35. The van der Waals surface area contributed by atoms with Crippen LogP contribution in [0.3, 0.4) is 0 Å². The van der Waals surface area contributed by atoms with E-state index in [4.69, 9.17) is 15.6 Å². The SMILES string of the molecule is COc1cccc([C@H](N)CO)c1C. The molecule has 3 heteroatoms. The van der Waals surface area contributed by atoms with Crippen LogP contribution in [-0.2, 0) is 0 Å². The first kappa shape index (κ1) is 10.0. The van der Waals surface area contributed by atoms with E-state index in [0.717, 1.165) is 16.9 Å². The molecule has 0 aliphatic heterocycles. The maximum absolute atomic E-state index is 8.91. The molecule has 1 rings (SSSR count). The Morgan fingerprint density at radius 2 is 2.23 bits per heavy atom. The van der Waals surface area contributed by atoms with Crippen molar-refractivity contribution in [3.8, 4) is 5.75 Å². The van der Waals surface area contributed by atoms with Crippen molar-refractivity contribution in [3.63, 3.8) is 0 Å². The van der Waals surface area contributed by atoms with Gasteiger partial charge in [0.2, 0.25) is 0 Å². The largest absolute Gasteiger partial charge is 0.496 e. The Morgan fingerprint density at radius 1 is 1.54 bits per heavy atom. The average Bonchev–Trinajstić information content (AvgIpc) is 2.17. The molecule has 0 unspecified atom stereocenters. The van der Waals surface area contributed by atoms with Gasteiger partial charge in [-0.05, 0) is 24.1 Å². The number of rotatable bonds is 3. The third-order valence-electron chi connectivity index (χ3n) is 2.14. The molecular weight excluding hydrogens is 166 g/mol. The lowest BCUT2D eigenvalue weighted by atomic mass is 10.0. The fraction of sp³-hybridized carbons (Fsp3) is 0.400. The van der Waals surface area contributed by atoms with Crippen molar-refractivity contribution in [1.82, 2.24) is 0 Å². The Bertz CT molecular complexity index is 286. The minimum absolute atomic E-state index is 0.0476. The molecular formula is C10H15NO2. The Hall–Kier alpha value is -1.06. The summed E-state index contributed by atoms with van der Waals surface area (Å²) in [5, 5.41) is 8.91. The molecule has 1 aromatic rings. The van der Waals surface area contributed by atoms with E-state index in [9.17, 15) is 0 Å². The third kappa shape index (κ3) is 1.99. The molecule has 72 valence electrons. The fourth-order valence-electron chi connectivity index (χ4n) is 1.35. The number of benzene rings is 1. The molecule has 0 saturated carbocycles. The molecule has 3 nitrogen and oxygen atoms in total. The summed E-state index contributed by atoms with van der Waals surface area (Å²) in [5.74, 6) is 0.807. The summed E-state index contributed by atoms with van der Waals surface area (Å²) in [7, 11) is 1.62. The van der Waals surface area contributed by atoms with E-state index < -0.39 is 0 Å². The summed E-state index contributed by atoms with van der Waals surface area (Å²) in [6.45, 7) is 1.89. The molecule has 0 aliphatic rings. The number of ether oxygens (including phenoxy) is 1. The summed E-state index contributed by atoms with van der Waals surface area (Å²) in [4.78, 5) is 0. The topological polar surface area (TPSA) is 55.5 Å². The Labute approximate surface area is 78.1 Å². The molecule has 0 aliphatic carbocycles. The lowest BCUT2D eigenvalue weighted by Crippen LogP contribution is -2.15. The molecule has 0 aromatic heterocycles. The normalized spacial score (nSPS) is 12.6. The van der Waals surface area contributed by atoms with Gasteiger partial charge in [0.1, 0.15) is 5.75 Å². The summed E-state index contributed by atoms with van der Waals surface area (Å²) in [5.41, 5.74) is 7.64. The Balaban J connectivity index is 3.08. The highest BCUT2D eigenvalue weighted by Gasteiger charge is 2.09. The van der Waals surface area contributed by atoms with Gasteiger partial charge in [-0.25, -0.2) is 0 Å². The van der Waals surface area contributed by atoms with Crippen molar-refractivity contribution in [1.29, 1.82) is 0 Å². The summed E-state index contributed by atoms with van der Waals surface area (Å²) in [6, 6.07) is 5.33. The van der Waals surface area contributed by atoms with Crippen LogP contribution in [0.25, 0.3) is 0 Å². The lowest BCUT2D eigenvalue weighted by Gasteiger charge is -2.14. The van der Waals surface area contributed by atoms with Crippen LogP contribution in [0.15, 0.2) is 18.2 Å². The highest BCUT2D eigenvalue weighted by atomic mass is 16.5. The van der Waals surface area contributed by atoms with Gasteiger partial charge < -0.3 is 15.6 Å². The van der Waals surface area contributed by atoms with E-state index >= 15 is 0 Å². The van der Waals surface area contributed by atoms with Gasteiger partial charge in [-0.3, -0.25) is 0 Å². The molecule has 0 radical (unpaired) electrons.